The van der Waals surface area contributed by atoms with Crippen LogP contribution in [0, 0.1) is 0 Å². The SMILES string of the molecule is CN(C)CCON(CCO)C(=O)OC(C)(C)C. The molecule has 0 aromatic heterocycles. The van der Waals surface area contributed by atoms with E-state index in [1.54, 1.807) is 20.8 Å². The van der Waals surface area contributed by atoms with Crippen LogP contribution in [0.15, 0.2) is 0 Å². The van der Waals surface area contributed by atoms with Gasteiger partial charge in [-0.25, -0.2) is 4.79 Å². The van der Waals surface area contributed by atoms with E-state index < -0.39 is 11.7 Å². The number of ether oxygens (including phenoxy) is 1. The molecule has 0 rings (SSSR count). The molecule has 1 amide bonds. The number of rotatable bonds is 6. The van der Waals surface area contributed by atoms with Gasteiger partial charge in [-0.1, -0.05) is 0 Å². The molecular formula is C11H24N2O4. The highest BCUT2D eigenvalue weighted by Gasteiger charge is 2.22. The molecule has 0 atom stereocenters. The summed E-state index contributed by atoms with van der Waals surface area (Å²) in [6.45, 7) is 6.33. The molecule has 0 heterocycles. The first-order chi connectivity index (χ1) is 7.76. The highest BCUT2D eigenvalue weighted by molar-refractivity contribution is 5.66. The fourth-order valence-electron chi connectivity index (χ4n) is 0.946. The van der Waals surface area contributed by atoms with Crippen molar-refractivity contribution in [2.45, 2.75) is 26.4 Å². The maximum atomic E-state index is 11.7. The fourth-order valence-corrected chi connectivity index (χ4v) is 0.946. The van der Waals surface area contributed by atoms with Crippen molar-refractivity contribution in [3.8, 4) is 0 Å². The van der Waals surface area contributed by atoms with Gasteiger partial charge < -0.3 is 14.7 Å². The van der Waals surface area contributed by atoms with Crippen LogP contribution in [-0.2, 0) is 9.57 Å². The second-order valence-electron chi connectivity index (χ2n) is 4.94. The van der Waals surface area contributed by atoms with E-state index in [1.807, 2.05) is 19.0 Å². The van der Waals surface area contributed by atoms with Crippen LogP contribution < -0.4 is 0 Å². The Kier molecular flexibility index (Phi) is 7.10. The van der Waals surface area contributed by atoms with E-state index >= 15 is 0 Å². The number of hydrogen-bond donors (Lipinski definition) is 1. The molecule has 0 radical (unpaired) electrons. The molecule has 0 saturated heterocycles. The van der Waals surface area contributed by atoms with Crippen LogP contribution in [0.2, 0.25) is 0 Å². The van der Waals surface area contributed by atoms with Gasteiger partial charge >= 0.3 is 6.09 Å². The van der Waals surface area contributed by atoms with E-state index in [1.165, 1.54) is 0 Å². The maximum absolute atomic E-state index is 11.7. The lowest BCUT2D eigenvalue weighted by Gasteiger charge is -2.26. The Labute approximate surface area is 103 Å². The number of hydroxylamine groups is 2. The van der Waals surface area contributed by atoms with Crippen LogP contribution in [0.1, 0.15) is 20.8 Å². The van der Waals surface area contributed by atoms with Crippen molar-refractivity contribution in [1.29, 1.82) is 0 Å². The highest BCUT2D eigenvalue weighted by Crippen LogP contribution is 2.10. The van der Waals surface area contributed by atoms with Crippen LogP contribution in [0.3, 0.4) is 0 Å². The second kappa shape index (κ2) is 7.47. The minimum Gasteiger partial charge on any atom is -0.442 e. The third kappa shape index (κ3) is 8.91. The molecule has 0 bridgehead atoms. The summed E-state index contributed by atoms with van der Waals surface area (Å²) in [6, 6.07) is 0. The lowest BCUT2D eigenvalue weighted by Crippen LogP contribution is -2.39. The van der Waals surface area contributed by atoms with E-state index in [0.717, 1.165) is 5.06 Å². The Morgan fingerprint density at radius 2 is 1.82 bits per heavy atom. The smallest absolute Gasteiger partial charge is 0.434 e. The summed E-state index contributed by atoms with van der Waals surface area (Å²) in [4.78, 5) is 18.9. The zero-order valence-corrected chi connectivity index (χ0v) is 11.4. The summed E-state index contributed by atoms with van der Waals surface area (Å²) in [5.41, 5.74) is -0.574. The van der Waals surface area contributed by atoms with Crippen LogP contribution in [0.5, 0.6) is 0 Å². The van der Waals surface area contributed by atoms with Crippen LogP contribution in [0.25, 0.3) is 0 Å². The van der Waals surface area contributed by atoms with Gasteiger partial charge in [0.2, 0.25) is 0 Å². The summed E-state index contributed by atoms with van der Waals surface area (Å²) < 4.78 is 5.15. The average molecular weight is 248 g/mol. The van der Waals surface area contributed by atoms with E-state index in [0.29, 0.717) is 13.2 Å². The number of nitrogens with zero attached hydrogens (tertiary/aromatic N) is 2. The minimum atomic E-state index is -0.578. The Morgan fingerprint density at radius 1 is 1.24 bits per heavy atom. The van der Waals surface area contributed by atoms with Crippen molar-refractivity contribution in [3.63, 3.8) is 0 Å². The number of carbonyl (C=O) groups excluding carboxylic acids is 1. The Hall–Kier alpha value is -0.850. The number of hydrogen-bond acceptors (Lipinski definition) is 5. The zero-order chi connectivity index (χ0) is 13.5. The van der Waals surface area contributed by atoms with Gasteiger partial charge in [-0.2, -0.15) is 5.06 Å². The molecule has 0 saturated carbocycles. The molecule has 0 aliphatic carbocycles. The molecule has 0 aliphatic rings. The molecule has 17 heavy (non-hydrogen) atoms. The number of likely N-dealkylation sites (N-methyl/N-ethyl adjacent to an activating group) is 1. The number of carbonyl (C=O) groups is 1. The summed E-state index contributed by atoms with van der Waals surface area (Å²) in [7, 11) is 3.82. The van der Waals surface area contributed by atoms with Crippen LogP contribution in [0.4, 0.5) is 4.79 Å². The molecule has 102 valence electrons. The van der Waals surface area contributed by atoms with E-state index in [2.05, 4.69) is 0 Å². The van der Waals surface area contributed by atoms with Crippen molar-refractivity contribution in [2.75, 3.05) is 40.4 Å². The predicted molar refractivity (Wildman–Crippen MR) is 64.5 cm³/mol. The van der Waals surface area contributed by atoms with Crippen molar-refractivity contribution < 1.29 is 19.5 Å². The van der Waals surface area contributed by atoms with Crippen molar-refractivity contribution >= 4 is 6.09 Å². The largest absolute Gasteiger partial charge is 0.442 e. The second-order valence-corrected chi connectivity index (χ2v) is 4.94. The Bertz CT molecular complexity index is 226. The molecular weight excluding hydrogens is 224 g/mol. The highest BCUT2D eigenvalue weighted by atomic mass is 16.7. The van der Waals surface area contributed by atoms with Gasteiger partial charge in [0.25, 0.3) is 0 Å². The quantitative estimate of drug-likeness (QED) is 0.701. The topological polar surface area (TPSA) is 62.2 Å². The first-order valence-corrected chi connectivity index (χ1v) is 5.65. The van der Waals surface area contributed by atoms with Crippen LogP contribution >= 0.6 is 0 Å². The monoisotopic (exact) mass is 248 g/mol. The number of amides is 1. The molecule has 0 spiro atoms. The van der Waals surface area contributed by atoms with Gasteiger partial charge in [0, 0.05) is 6.54 Å². The molecule has 1 N–H and O–H groups in total. The standard InChI is InChI=1S/C11H24N2O4/c1-11(2,3)17-10(15)13(6-8-14)16-9-7-12(4)5/h14H,6-9H2,1-5H3. The fraction of sp³-hybridized carbons (Fsp3) is 0.909. The average Bonchev–Trinajstić information content (AvgIpc) is 2.13. The molecule has 0 aliphatic heterocycles. The van der Waals surface area contributed by atoms with Gasteiger partial charge in [-0.05, 0) is 34.9 Å². The van der Waals surface area contributed by atoms with Gasteiger partial charge in [0.05, 0.1) is 19.8 Å². The molecule has 0 aromatic rings. The molecule has 0 aromatic carbocycles. The van der Waals surface area contributed by atoms with Gasteiger partial charge in [-0.3, -0.25) is 4.84 Å². The first-order valence-electron chi connectivity index (χ1n) is 5.65. The van der Waals surface area contributed by atoms with E-state index in [9.17, 15) is 4.79 Å². The molecule has 6 nitrogen and oxygen atoms in total. The lowest BCUT2D eigenvalue weighted by molar-refractivity contribution is -0.153. The van der Waals surface area contributed by atoms with Crippen LogP contribution in [-0.4, -0.2) is 67.2 Å². The Balaban J connectivity index is 4.16. The third-order valence-corrected chi connectivity index (χ3v) is 1.69. The molecule has 0 fully saturated rings. The predicted octanol–water partition coefficient (Wildman–Crippen LogP) is 0.709. The minimum absolute atomic E-state index is 0.0995. The maximum Gasteiger partial charge on any atom is 0.434 e. The lowest BCUT2D eigenvalue weighted by atomic mass is 10.2. The number of aliphatic hydroxyl groups is 1. The summed E-state index contributed by atoms with van der Waals surface area (Å²) in [5.74, 6) is 0. The Morgan fingerprint density at radius 3 is 2.24 bits per heavy atom. The van der Waals surface area contributed by atoms with Crippen molar-refractivity contribution in [2.24, 2.45) is 0 Å². The van der Waals surface area contributed by atoms with Gasteiger partial charge in [-0.15, -0.1) is 0 Å². The molecule has 6 heteroatoms. The third-order valence-electron chi connectivity index (χ3n) is 1.69. The normalized spacial score (nSPS) is 11.7. The number of aliphatic hydroxyl groups excluding tert-OH is 1. The van der Waals surface area contributed by atoms with Gasteiger partial charge in [0.1, 0.15) is 5.60 Å². The first kappa shape index (κ1) is 16.1. The summed E-state index contributed by atoms with van der Waals surface area (Å²) >= 11 is 0. The zero-order valence-electron chi connectivity index (χ0n) is 11.4. The molecule has 0 unspecified atom stereocenters. The van der Waals surface area contributed by atoms with Crippen molar-refractivity contribution in [3.05, 3.63) is 0 Å². The van der Waals surface area contributed by atoms with E-state index in [-0.39, 0.29) is 13.2 Å². The summed E-state index contributed by atoms with van der Waals surface area (Å²) in [5, 5.41) is 9.90. The van der Waals surface area contributed by atoms with Crippen molar-refractivity contribution in [1.82, 2.24) is 9.96 Å². The summed E-state index contributed by atoms with van der Waals surface area (Å²) in [6.07, 6.45) is -0.578. The van der Waals surface area contributed by atoms with Gasteiger partial charge in [0.15, 0.2) is 0 Å². The van der Waals surface area contributed by atoms with E-state index in [4.69, 9.17) is 14.7 Å².